The van der Waals surface area contributed by atoms with Gasteiger partial charge in [0.1, 0.15) is 11.4 Å². The molecule has 0 bridgehead atoms. The maximum Gasteiger partial charge on any atom is 0.275 e. The molecule has 4 rings (SSSR count). The molecule has 2 aromatic rings. The molecule has 0 aromatic heterocycles. The second-order valence-corrected chi connectivity index (χ2v) is 6.51. The minimum atomic E-state index is -1.03. The minimum absolute atomic E-state index is 0.609. The number of anilines is 1. The number of aliphatic hydroxyl groups is 1. The number of rotatable bonds is 3. The molecular formula is C20H23N2O2+. The first-order valence-corrected chi connectivity index (χ1v) is 8.55. The molecule has 1 atom stereocenters. The van der Waals surface area contributed by atoms with Crippen molar-refractivity contribution in [3.05, 3.63) is 60.2 Å². The summed E-state index contributed by atoms with van der Waals surface area (Å²) in [5, 5.41) is 11.7. The van der Waals surface area contributed by atoms with Crippen LogP contribution in [0.15, 0.2) is 54.6 Å². The van der Waals surface area contributed by atoms with Gasteiger partial charge in [0.25, 0.3) is 11.6 Å². The van der Waals surface area contributed by atoms with Crippen molar-refractivity contribution in [1.82, 2.24) is 0 Å². The number of methoxy groups -OCH3 is 1. The van der Waals surface area contributed by atoms with Gasteiger partial charge in [-0.15, -0.1) is 0 Å². The summed E-state index contributed by atoms with van der Waals surface area (Å²) >= 11 is 0. The minimum Gasteiger partial charge on any atom is -0.497 e. The summed E-state index contributed by atoms with van der Waals surface area (Å²) in [5.74, 6) is 2.05. The second kappa shape index (κ2) is 5.95. The van der Waals surface area contributed by atoms with Gasteiger partial charge in [-0.05, 0) is 37.1 Å². The summed E-state index contributed by atoms with van der Waals surface area (Å²) in [4.78, 5) is 2.11. The summed E-state index contributed by atoms with van der Waals surface area (Å²) in [6, 6.07) is 17.9. The van der Waals surface area contributed by atoms with Gasteiger partial charge in [0.15, 0.2) is 6.54 Å². The topological polar surface area (TPSA) is 35.7 Å². The van der Waals surface area contributed by atoms with Gasteiger partial charge >= 0.3 is 0 Å². The summed E-state index contributed by atoms with van der Waals surface area (Å²) in [7, 11) is 1.67. The highest BCUT2D eigenvalue weighted by molar-refractivity contribution is 5.97. The summed E-state index contributed by atoms with van der Waals surface area (Å²) < 4.78 is 7.61. The van der Waals surface area contributed by atoms with E-state index in [1.807, 2.05) is 54.6 Å². The summed E-state index contributed by atoms with van der Waals surface area (Å²) in [5.41, 5.74) is 0.902. The quantitative estimate of drug-likeness (QED) is 0.882. The van der Waals surface area contributed by atoms with Gasteiger partial charge in [-0.1, -0.05) is 30.3 Å². The van der Waals surface area contributed by atoms with Crippen LogP contribution >= 0.6 is 0 Å². The summed E-state index contributed by atoms with van der Waals surface area (Å²) in [6.45, 7) is 1.62. The van der Waals surface area contributed by atoms with Crippen molar-refractivity contribution in [2.75, 3.05) is 25.1 Å². The molecule has 0 amide bonds. The highest BCUT2D eigenvalue weighted by Gasteiger charge is 2.54. The van der Waals surface area contributed by atoms with E-state index in [2.05, 4.69) is 9.48 Å². The smallest absolute Gasteiger partial charge is 0.275 e. The van der Waals surface area contributed by atoms with Gasteiger partial charge < -0.3 is 9.84 Å². The fourth-order valence-corrected chi connectivity index (χ4v) is 3.87. The zero-order valence-corrected chi connectivity index (χ0v) is 14.0. The van der Waals surface area contributed by atoms with Crippen molar-refractivity contribution in [3.63, 3.8) is 0 Å². The molecule has 24 heavy (non-hydrogen) atoms. The third-order valence-corrected chi connectivity index (χ3v) is 5.05. The van der Waals surface area contributed by atoms with Crippen LogP contribution in [0.2, 0.25) is 0 Å². The van der Waals surface area contributed by atoms with E-state index in [0.29, 0.717) is 6.54 Å². The molecule has 0 radical (unpaired) electrons. The molecule has 2 aliphatic rings. The van der Waals surface area contributed by atoms with Crippen LogP contribution in [0, 0.1) is 0 Å². The molecule has 0 aliphatic carbocycles. The molecule has 4 heteroatoms. The predicted molar refractivity (Wildman–Crippen MR) is 94.7 cm³/mol. The molecule has 0 fully saturated rings. The van der Waals surface area contributed by atoms with Crippen molar-refractivity contribution < 1.29 is 14.4 Å². The molecule has 4 nitrogen and oxygen atoms in total. The van der Waals surface area contributed by atoms with Crippen molar-refractivity contribution in [2.24, 2.45) is 0 Å². The Bertz CT molecular complexity index is 755. The number of benzene rings is 2. The zero-order chi connectivity index (χ0) is 16.6. The predicted octanol–water partition coefficient (Wildman–Crippen LogP) is 2.96. The van der Waals surface area contributed by atoms with Crippen LogP contribution in [-0.2, 0) is 5.72 Å². The summed E-state index contributed by atoms with van der Waals surface area (Å²) in [6.07, 6.45) is 3.36. The lowest BCUT2D eigenvalue weighted by Gasteiger charge is -2.29. The Morgan fingerprint density at radius 1 is 1.04 bits per heavy atom. The average Bonchev–Trinajstić information content (AvgIpc) is 2.96. The van der Waals surface area contributed by atoms with E-state index in [9.17, 15) is 5.11 Å². The largest absolute Gasteiger partial charge is 0.497 e. The van der Waals surface area contributed by atoms with Gasteiger partial charge in [-0.3, -0.25) is 4.58 Å². The third kappa shape index (κ3) is 2.38. The van der Waals surface area contributed by atoms with E-state index in [1.54, 1.807) is 7.11 Å². The Kier molecular flexibility index (Phi) is 3.77. The molecule has 1 N–H and O–H groups in total. The van der Waals surface area contributed by atoms with Crippen LogP contribution in [0.4, 0.5) is 5.69 Å². The molecule has 0 saturated carbocycles. The molecule has 124 valence electrons. The van der Waals surface area contributed by atoms with Crippen LogP contribution in [-0.4, -0.2) is 35.7 Å². The number of amidine groups is 1. The van der Waals surface area contributed by atoms with E-state index in [0.717, 1.165) is 30.0 Å². The first-order valence-electron chi connectivity index (χ1n) is 8.55. The average molecular weight is 323 g/mol. The van der Waals surface area contributed by atoms with E-state index < -0.39 is 5.72 Å². The van der Waals surface area contributed by atoms with Gasteiger partial charge in [0.05, 0.1) is 13.7 Å². The molecular weight excluding hydrogens is 300 g/mol. The SMILES string of the molecule is COc1ccc(N2C3=[N+](CCCC3)CC2(O)c2ccccc2)cc1. The van der Waals surface area contributed by atoms with Gasteiger partial charge in [0.2, 0.25) is 0 Å². The van der Waals surface area contributed by atoms with Crippen molar-refractivity contribution in [3.8, 4) is 5.75 Å². The zero-order valence-electron chi connectivity index (χ0n) is 14.0. The van der Waals surface area contributed by atoms with Gasteiger partial charge in [-0.2, -0.15) is 4.90 Å². The number of hydrogen-bond donors (Lipinski definition) is 1. The number of hydrogen-bond acceptors (Lipinski definition) is 3. The number of ether oxygens (including phenoxy) is 1. The van der Waals surface area contributed by atoms with Crippen LogP contribution in [0.1, 0.15) is 24.8 Å². The Morgan fingerprint density at radius 3 is 2.50 bits per heavy atom. The number of nitrogens with zero attached hydrogens (tertiary/aromatic N) is 2. The lowest BCUT2D eigenvalue weighted by atomic mass is 10.0. The Morgan fingerprint density at radius 2 is 1.79 bits per heavy atom. The lowest BCUT2D eigenvalue weighted by molar-refractivity contribution is -0.538. The third-order valence-electron chi connectivity index (χ3n) is 5.05. The van der Waals surface area contributed by atoms with Crippen LogP contribution in [0.25, 0.3) is 0 Å². The van der Waals surface area contributed by atoms with Gasteiger partial charge in [-0.25, -0.2) is 0 Å². The molecule has 1 unspecified atom stereocenters. The fourth-order valence-electron chi connectivity index (χ4n) is 3.87. The van der Waals surface area contributed by atoms with Crippen molar-refractivity contribution in [1.29, 1.82) is 0 Å². The monoisotopic (exact) mass is 323 g/mol. The van der Waals surface area contributed by atoms with E-state index in [4.69, 9.17) is 4.74 Å². The molecule has 2 aromatic carbocycles. The normalized spacial score (nSPS) is 23.3. The molecule has 2 aliphatic heterocycles. The second-order valence-electron chi connectivity index (χ2n) is 6.51. The van der Waals surface area contributed by atoms with Crippen molar-refractivity contribution in [2.45, 2.75) is 25.0 Å². The standard InChI is InChI=1S/C20H23N2O2/c1-24-18-12-10-17(11-13-18)22-19-9-5-6-14-21(19)15-20(22,23)16-7-3-2-4-8-16/h2-4,7-8,10-13,23H,5-6,9,14-15H2,1H3/q+1. The van der Waals surface area contributed by atoms with Crippen molar-refractivity contribution >= 4 is 11.5 Å². The Labute approximate surface area is 142 Å². The Hall–Kier alpha value is -2.33. The Balaban J connectivity index is 1.81. The lowest BCUT2D eigenvalue weighted by Crippen LogP contribution is -2.47. The first kappa shape index (κ1) is 15.2. The molecule has 0 saturated heterocycles. The fraction of sp³-hybridized carbons (Fsp3) is 0.350. The van der Waals surface area contributed by atoms with Crippen LogP contribution < -0.4 is 9.64 Å². The molecule has 0 spiro atoms. The van der Waals surface area contributed by atoms with E-state index in [-0.39, 0.29) is 0 Å². The van der Waals surface area contributed by atoms with Crippen LogP contribution in [0.5, 0.6) is 5.75 Å². The molecule has 2 heterocycles. The highest BCUT2D eigenvalue weighted by Crippen LogP contribution is 2.38. The first-order chi connectivity index (χ1) is 11.7. The highest BCUT2D eigenvalue weighted by atomic mass is 16.5. The maximum absolute atomic E-state index is 11.7. The van der Waals surface area contributed by atoms with Crippen LogP contribution in [0.3, 0.4) is 0 Å². The van der Waals surface area contributed by atoms with E-state index >= 15 is 0 Å². The maximum atomic E-state index is 11.7. The van der Waals surface area contributed by atoms with Gasteiger partial charge in [0, 0.05) is 12.0 Å². The van der Waals surface area contributed by atoms with E-state index in [1.165, 1.54) is 18.7 Å².